The number of benzene rings is 4. The molecule has 6 nitrogen and oxygen atoms in total. The van der Waals surface area contributed by atoms with E-state index in [-0.39, 0.29) is 21.9 Å². The summed E-state index contributed by atoms with van der Waals surface area (Å²) in [7, 11) is 0. The van der Waals surface area contributed by atoms with Gasteiger partial charge in [-0.05, 0) is 73.0 Å². The van der Waals surface area contributed by atoms with Crippen LogP contribution in [0.4, 0.5) is 11.4 Å². The molecule has 3 amide bonds. The molecule has 42 heavy (non-hydrogen) atoms. The van der Waals surface area contributed by atoms with Crippen molar-refractivity contribution in [3.8, 4) is 0 Å². The lowest BCUT2D eigenvalue weighted by Crippen LogP contribution is -2.30. The zero-order chi connectivity index (χ0) is 30.1. The smallest absolute Gasteiger partial charge is 0.272 e. The largest absolute Gasteiger partial charge is 0.325 e. The van der Waals surface area contributed by atoms with Gasteiger partial charge in [0.1, 0.15) is 5.70 Å². The van der Waals surface area contributed by atoms with Gasteiger partial charge in [-0.1, -0.05) is 84.7 Å². The Labute approximate surface area is 259 Å². The second-order valence-electron chi connectivity index (χ2n) is 9.32. The number of hydrogen-bond acceptors (Lipinski definition) is 4. The van der Waals surface area contributed by atoms with E-state index in [1.807, 2.05) is 44.2 Å². The fourth-order valence-corrected chi connectivity index (χ4v) is 5.36. The fraction of sp³-hybridized carbons (Fsp3) is 0.121. The number of halogens is 2. The molecule has 0 saturated carbocycles. The highest BCUT2D eigenvalue weighted by molar-refractivity contribution is 8.00. The van der Waals surface area contributed by atoms with E-state index in [1.165, 1.54) is 17.8 Å². The average Bonchev–Trinajstić information content (AvgIpc) is 2.99. The number of carbonyl (C=O) groups excluding carboxylic acids is 3. The molecule has 4 aromatic rings. The van der Waals surface area contributed by atoms with Gasteiger partial charge in [-0.25, -0.2) is 0 Å². The molecule has 0 aliphatic rings. The van der Waals surface area contributed by atoms with Crippen LogP contribution in [0.5, 0.6) is 0 Å². The minimum absolute atomic E-state index is 0.0184. The Morgan fingerprint density at radius 2 is 1.57 bits per heavy atom. The van der Waals surface area contributed by atoms with Crippen molar-refractivity contribution in [3.63, 3.8) is 0 Å². The van der Waals surface area contributed by atoms with E-state index < -0.39 is 11.8 Å². The number of carbonyl (C=O) groups is 3. The molecule has 0 aliphatic heterocycles. The maximum absolute atomic E-state index is 13.5. The van der Waals surface area contributed by atoms with Gasteiger partial charge in [-0.2, -0.15) is 0 Å². The second-order valence-corrected chi connectivity index (χ2v) is 11.4. The molecular formula is C33H29Cl2N3O3S. The molecule has 0 radical (unpaired) electrons. The summed E-state index contributed by atoms with van der Waals surface area (Å²) in [4.78, 5) is 40.2. The van der Waals surface area contributed by atoms with Crippen LogP contribution < -0.4 is 16.0 Å². The minimum Gasteiger partial charge on any atom is -0.325 e. The highest BCUT2D eigenvalue weighted by Crippen LogP contribution is 2.30. The molecule has 0 aliphatic carbocycles. The topological polar surface area (TPSA) is 87.3 Å². The maximum Gasteiger partial charge on any atom is 0.272 e. The lowest BCUT2D eigenvalue weighted by molar-refractivity contribution is -0.116. The minimum atomic E-state index is -0.554. The van der Waals surface area contributed by atoms with Crippen LogP contribution >= 0.6 is 35.0 Å². The van der Waals surface area contributed by atoms with E-state index in [0.717, 1.165) is 16.1 Å². The Morgan fingerprint density at radius 3 is 2.31 bits per heavy atom. The van der Waals surface area contributed by atoms with Crippen molar-refractivity contribution in [1.82, 2.24) is 5.32 Å². The third-order valence-electron chi connectivity index (χ3n) is 6.25. The number of amides is 3. The first-order chi connectivity index (χ1) is 20.2. The molecule has 9 heteroatoms. The van der Waals surface area contributed by atoms with E-state index in [0.29, 0.717) is 28.3 Å². The first-order valence-electron chi connectivity index (χ1n) is 13.2. The lowest BCUT2D eigenvalue weighted by atomic mass is 10.1. The molecule has 3 N–H and O–H groups in total. The average molecular weight is 619 g/mol. The summed E-state index contributed by atoms with van der Waals surface area (Å²) in [6, 6.07) is 28.4. The van der Waals surface area contributed by atoms with Crippen LogP contribution in [-0.2, 0) is 9.59 Å². The van der Waals surface area contributed by atoms with E-state index >= 15 is 0 Å². The van der Waals surface area contributed by atoms with Crippen LogP contribution in [0.1, 0.15) is 34.8 Å². The summed E-state index contributed by atoms with van der Waals surface area (Å²) in [5.41, 5.74) is 3.10. The summed E-state index contributed by atoms with van der Waals surface area (Å²) in [5, 5.41) is 8.79. The van der Waals surface area contributed by atoms with E-state index in [4.69, 9.17) is 23.2 Å². The maximum atomic E-state index is 13.5. The SMILES string of the molecule is CCC(Sc1cccc(NC(=O)/C(=C\c2cccc(Cl)c2Cl)NC(=O)c2ccccc2)c1)C(=O)Nc1ccccc1C. The van der Waals surface area contributed by atoms with Gasteiger partial charge < -0.3 is 16.0 Å². The van der Waals surface area contributed by atoms with Crippen LogP contribution in [-0.4, -0.2) is 23.0 Å². The van der Waals surface area contributed by atoms with Crippen molar-refractivity contribution in [2.75, 3.05) is 10.6 Å². The van der Waals surface area contributed by atoms with Crippen LogP contribution in [0, 0.1) is 6.92 Å². The lowest BCUT2D eigenvalue weighted by Gasteiger charge is -2.17. The number of thioether (sulfide) groups is 1. The number of nitrogens with one attached hydrogen (secondary N) is 3. The first kappa shape index (κ1) is 30.9. The summed E-state index contributed by atoms with van der Waals surface area (Å²) >= 11 is 13.9. The van der Waals surface area contributed by atoms with Crippen molar-refractivity contribution in [2.24, 2.45) is 0 Å². The summed E-state index contributed by atoms with van der Waals surface area (Å²) in [6.07, 6.45) is 2.09. The van der Waals surface area contributed by atoms with Crippen molar-refractivity contribution >= 4 is 70.1 Å². The van der Waals surface area contributed by atoms with Gasteiger partial charge in [-0.3, -0.25) is 14.4 Å². The fourth-order valence-electron chi connectivity index (χ4n) is 3.99. The molecule has 0 bridgehead atoms. The number of anilines is 2. The van der Waals surface area contributed by atoms with Crippen LogP contribution in [0.15, 0.2) is 108 Å². The molecule has 4 rings (SSSR count). The van der Waals surface area contributed by atoms with E-state index in [9.17, 15) is 14.4 Å². The Kier molecular flexibility index (Phi) is 10.8. The Hall–Kier alpha value is -4.04. The molecule has 1 unspecified atom stereocenters. The number of rotatable bonds is 10. The normalized spacial score (nSPS) is 11.9. The quantitative estimate of drug-likeness (QED) is 0.124. The summed E-state index contributed by atoms with van der Waals surface area (Å²) < 4.78 is 0. The van der Waals surface area contributed by atoms with Crippen molar-refractivity contribution in [3.05, 3.63) is 129 Å². The molecule has 0 fully saturated rings. The monoisotopic (exact) mass is 617 g/mol. The first-order valence-corrected chi connectivity index (χ1v) is 14.9. The van der Waals surface area contributed by atoms with Gasteiger partial charge in [0.25, 0.3) is 11.8 Å². The van der Waals surface area contributed by atoms with Crippen molar-refractivity contribution in [2.45, 2.75) is 30.4 Å². The van der Waals surface area contributed by atoms with E-state index in [1.54, 1.807) is 66.7 Å². The molecule has 1 atom stereocenters. The molecule has 4 aromatic carbocycles. The number of aryl methyl sites for hydroxylation is 1. The summed E-state index contributed by atoms with van der Waals surface area (Å²) in [5.74, 6) is -1.11. The molecule has 0 spiro atoms. The predicted octanol–water partition coefficient (Wildman–Crippen LogP) is 8.22. The molecular weight excluding hydrogens is 589 g/mol. The van der Waals surface area contributed by atoms with Crippen LogP contribution in [0.25, 0.3) is 6.08 Å². The van der Waals surface area contributed by atoms with Gasteiger partial charge in [0.2, 0.25) is 5.91 Å². The summed E-state index contributed by atoms with van der Waals surface area (Å²) in [6.45, 7) is 3.90. The Balaban J connectivity index is 1.53. The number of hydrogen-bond donors (Lipinski definition) is 3. The van der Waals surface area contributed by atoms with Gasteiger partial charge in [-0.15, -0.1) is 11.8 Å². The molecule has 214 valence electrons. The van der Waals surface area contributed by atoms with Gasteiger partial charge in [0, 0.05) is 21.8 Å². The molecule has 0 aromatic heterocycles. The zero-order valence-corrected chi connectivity index (χ0v) is 25.3. The van der Waals surface area contributed by atoms with Crippen molar-refractivity contribution < 1.29 is 14.4 Å². The van der Waals surface area contributed by atoms with Crippen molar-refractivity contribution in [1.29, 1.82) is 0 Å². The Bertz CT molecular complexity index is 1630. The predicted molar refractivity (Wildman–Crippen MR) is 173 cm³/mol. The zero-order valence-electron chi connectivity index (χ0n) is 23.0. The highest BCUT2D eigenvalue weighted by Gasteiger charge is 2.20. The molecule has 0 heterocycles. The molecule has 0 saturated heterocycles. The van der Waals surface area contributed by atoms with Gasteiger partial charge >= 0.3 is 0 Å². The second kappa shape index (κ2) is 14.7. The Morgan fingerprint density at radius 1 is 0.857 bits per heavy atom. The third kappa shape index (κ3) is 8.26. The van der Waals surface area contributed by atoms with Gasteiger partial charge in [0.15, 0.2) is 0 Å². The van der Waals surface area contributed by atoms with Gasteiger partial charge in [0.05, 0.1) is 15.3 Å². The van der Waals surface area contributed by atoms with Crippen LogP contribution in [0.2, 0.25) is 10.0 Å². The highest BCUT2D eigenvalue weighted by atomic mass is 35.5. The number of para-hydroxylation sites is 1. The van der Waals surface area contributed by atoms with Crippen LogP contribution in [0.3, 0.4) is 0 Å². The third-order valence-corrected chi connectivity index (χ3v) is 8.44. The standard InChI is InChI=1S/C33H29Cl2N3O3S/c1-3-29(33(41)37-27-18-8-7-11-21(27)2)42-25-16-10-15-24(20-25)36-32(40)28(19-23-14-9-17-26(34)30(23)35)38-31(39)22-12-5-4-6-13-22/h4-20,29H,3H2,1-2H3,(H,36,40)(H,37,41)(H,38,39)/b28-19+. The van der Waals surface area contributed by atoms with E-state index in [2.05, 4.69) is 16.0 Å².